The molecule has 36 heavy (non-hydrogen) atoms. The van der Waals surface area contributed by atoms with Gasteiger partial charge in [-0.25, -0.2) is 9.37 Å². The maximum Gasteiger partial charge on any atom is 0.171 e. The van der Waals surface area contributed by atoms with Crippen molar-refractivity contribution in [2.24, 2.45) is 10.6 Å². The van der Waals surface area contributed by atoms with Crippen LogP contribution in [0.4, 0.5) is 4.39 Å². The molecular weight excluding hydrogens is 455 g/mol. The number of benzene rings is 2. The standard InChI is InChI=1S/C29H33FN4O2/c1-5-29(3)16-23(14-21-6-11-25(27(15-21)35-4)34-17-20(2)31-19-34)28-32-36-26(12-13-33(28)18-29)22-7-9-24(30)10-8-22/h6-11,14-15,17,19,26H,5,12-13,16,18H2,1-4H3. The van der Waals surface area contributed by atoms with Gasteiger partial charge in [0.1, 0.15) is 11.6 Å². The number of methoxy groups -OCH3 is 1. The Bertz CT molecular complexity index is 1300. The number of oxime groups is 1. The Labute approximate surface area is 212 Å². The minimum Gasteiger partial charge on any atom is -0.495 e. The van der Waals surface area contributed by atoms with Gasteiger partial charge in [-0.2, -0.15) is 0 Å². The number of hydrogen-bond donors (Lipinski definition) is 0. The smallest absolute Gasteiger partial charge is 0.171 e. The van der Waals surface area contributed by atoms with Crippen LogP contribution >= 0.6 is 0 Å². The van der Waals surface area contributed by atoms with Crippen LogP contribution in [0.5, 0.6) is 5.75 Å². The average molecular weight is 489 g/mol. The third-order valence-corrected chi connectivity index (χ3v) is 7.33. The second kappa shape index (κ2) is 9.80. The Morgan fingerprint density at radius 1 is 1.22 bits per heavy atom. The van der Waals surface area contributed by atoms with E-state index in [1.807, 2.05) is 17.7 Å². The molecule has 6 nitrogen and oxygen atoms in total. The van der Waals surface area contributed by atoms with Gasteiger partial charge in [0.05, 0.1) is 24.8 Å². The minimum absolute atomic E-state index is 0.138. The number of rotatable bonds is 5. The van der Waals surface area contributed by atoms with Gasteiger partial charge in [-0.3, -0.25) is 0 Å². The van der Waals surface area contributed by atoms with Crippen molar-refractivity contribution in [1.82, 2.24) is 14.5 Å². The Morgan fingerprint density at radius 3 is 2.72 bits per heavy atom. The number of aryl methyl sites for hydroxylation is 1. The number of hydrogen-bond acceptors (Lipinski definition) is 5. The van der Waals surface area contributed by atoms with Crippen LogP contribution in [0.25, 0.3) is 11.8 Å². The molecule has 1 saturated heterocycles. The van der Waals surface area contributed by atoms with Crippen LogP contribution < -0.4 is 4.74 Å². The second-order valence-corrected chi connectivity index (χ2v) is 10.1. The fraction of sp³-hybridized carbons (Fsp3) is 0.379. The highest BCUT2D eigenvalue weighted by atomic mass is 19.1. The normalized spacial score (nSPS) is 23.0. The molecule has 0 spiro atoms. The summed E-state index contributed by atoms with van der Waals surface area (Å²) in [6, 6.07) is 12.7. The lowest BCUT2D eigenvalue weighted by molar-refractivity contribution is 0.0575. The maximum absolute atomic E-state index is 13.4. The zero-order valence-corrected chi connectivity index (χ0v) is 21.4. The number of aromatic nitrogens is 2. The Balaban J connectivity index is 1.49. The summed E-state index contributed by atoms with van der Waals surface area (Å²) >= 11 is 0. The quantitative estimate of drug-likeness (QED) is 0.422. The van der Waals surface area contributed by atoms with E-state index in [4.69, 9.17) is 9.57 Å². The molecule has 1 fully saturated rings. The van der Waals surface area contributed by atoms with E-state index in [1.165, 1.54) is 12.1 Å². The highest BCUT2D eigenvalue weighted by molar-refractivity contribution is 6.02. The summed E-state index contributed by atoms with van der Waals surface area (Å²) in [5, 5.41) is 4.65. The van der Waals surface area contributed by atoms with Crippen molar-refractivity contribution < 1.29 is 14.0 Å². The largest absolute Gasteiger partial charge is 0.495 e. The summed E-state index contributed by atoms with van der Waals surface area (Å²) in [4.78, 5) is 12.7. The molecule has 1 aromatic heterocycles. The molecule has 188 valence electrons. The van der Waals surface area contributed by atoms with Gasteiger partial charge in [-0.05, 0) is 72.2 Å². The number of ether oxygens (including phenoxy) is 1. The van der Waals surface area contributed by atoms with Crippen molar-refractivity contribution in [2.45, 2.75) is 46.1 Å². The first-order valence-corrected chi connectivity index (χ1v) is 12.5. The number of piperidine rings is 1. The van der Waals surface area contributed by atoms with Gasteiger partial charge >= 0.3 is 0 Å². The first-order valence-electron chi connectivity index (χ1n) is 12.5. The van der Waals surface area contributed by atoms with Crippen molar-refractivity contribution in [3.8, 4) is 11.4 Å². The first kappa shape index (κ1) is 24.1. The molecule has 0 aliphatic carbocycles. The van der Waals surface area contributed by atoms with Crippen molar-refractivity contribution in [3.63, 3.8) is 0 Å². The second-order valence-electron chi connectivity index (χ2n) is 10.1. The number of amidine groups is 1. The third kappa shape index (κ3) is 4.87. The van der Waals surface area contributed by atoms with Crippen LogP contribution in [0.1, 0.15) is 56.0 Å². The summed E-state index contributed by atoms with van der Waals surface area (Å²) < 4.78 is 21.1. The predicted octanol–water partition coefficient (Wildman–Crippen LogP) is 6.31. The van der Waals surface area contributed by atoms with Crippen molar-refractivity contribution >= 4 is 11.9 Å². The van der Waals surface area contributed by atoms with E-state index in [9.17, 15) is 4.39 Å². The van der Waals surface area contributed by atoms with Gasteiger partial charge in [0.15, 0.2) is 11.9 Å². The predicted molar refractivity (Wildman–Crippen MR) is 140 cm³/mol. The number of fused-ring (bicyclic) bond motifs is 1. The molecule has 2 aliphatic rings. The monoisotopic (exact) mass is 488 g/mol. The zero-order valence-electron chi connectivity index (χ0n) is 21.4. The molecule has 2 aliphatic heterocycles. The molecule has 0 bridgehead atoms. The Kier molecular flexibility index (Phi) is 6.56. The summed E-state index contributed by atoms with van der Waals surface area (Å²) in [5.74, 6) is 1.42. The summed E-state index contributed by atoms with van der Waals surface area (Å²) in [7, 11) is 1.69. The first-order chi connectivity index (χ1) is 17.4. The fourth-order valence-corrected chi connectivity index (χ4v) is 5.08. The van der Waals surface area contributed by atoms with Crippen molar-refractivity contribution in [2.75, 3.05) is 20.2 Å². The SMILES string of the molecule is CCC1(C)CC(=Cc2ccc(-n3cnc(C)c3)c(OC)c2)C2=NOC(c3ccc(F)cc3)CCN2C1. The lowest BCUT2D eigenvalue weighted by atomic mass is 9.76. The van der Waals surface area contributed by atoms with E-state index in [0.717, 1.165) is 72.0 Å². The molecule has 3 aromatic rings. The Morgan fingerprint density at radius 2 is 2.03 bits per heavy atom. The van der Waals surface area contributed by atoms with Crippen LogP contribution in [0.15, 0.2) is 65.7 Å². The van der Waals surface area contributed by atoms with E-state index < -0.39 is 0 Å². The van der Waals surface area contributed by atoms with Gasteiger partial charge in [0, 0.05) is 25.7 Å². The molecule has 3 heterocycles. The highest BCUT2D eigenvalue weighted by Gasteiger charge is 2.37. The van der Waals surface area contributed by atoms with Gasteiger partial charge in [0.25, 0.3) is 0 Å². The van der Waals surface area contributed by atoms with Gasteiger partial charge < -0.3 is 19.0 Å². The molecule has 2 aromatic carbocycles. The molecular formula is C29H33FN4O2. The van der Waals surface area contributed by atoms with Crippen LogP contribution in [0.3, 0.4) is 0 Å². The zero-order chi connectivity index (χ0) is 25.3. The van der Waals surface area contributed by atoms with Gasteiger partial charge in [-0.1, -0.05) is 37.2 Å². The molecule has 0 radical (unpaired) electrons. The molecule has 2 atom stereocenters. The highest BCUT2D eigenvalue weighted by Crippen LogP contribution is 2.40. The summed E-state index contributed by atoms with van der Waals surface area (Å²) in [6.07, 6.45) is 8.55. The third-order valence-electron chi connectivity index (χ3n) is 7.33. The lowest BCUT2D eigenvalue weighted by Crippen LogP contribution is -2.46. The fourth-order valence-electron chi connectivity index (χ4n) is 5.08. The molecule has 2 unspecified atom stereocenters. The van der Waals surface area contributed by atoms with Crippen molar-refractivity contribution in [3.05, 3.63) is 83.2 Å². The topological polar surface area (TPSA) is 51.9 Å². The Hall–Kier alpha value is -3.61. The molecule has 0 N–H and O–H groups in total. The van der Waals surface area contributed by atoms with Gasteiger partial charge in [-0.15, -0.1) is 0 Å². The van der Waals surface area contributed by atoms with Crippen LogP contribution in [0, 0.1) is 18.2 Å². The van der Waals surface area contributed by atoms with E-state index >= 15 is 0 Å². The lowest BCUT2D eigenvalue weighted by Gasteiger charge is -2.42. The van der Waals surface area contributed by atoms with E-state index in [1.54, 1.807) is 25.6 Å². The average Bonchev–Trinajstić information content (AvgIpc) is 3.20. The minimum atomic E-state index is -0.246. The van der Waals surface area contributed by atoms with Crippen LogP contribution in [-0.4, -0.2) is 40.5 Å². The molecule has 0 amide bonds. The summed E-state index contributed by atoms with van der Waals surface area (Å²) in [6.45, 7) is 8.32. The van der Waals surface area contributed by atoms with Crippen LogP contribution in [0.2, 0.25) is 0 Å². The van der Waals surface area contributed by atoms with Gasteiger partial charge in [0.2, 0.25) is 0 Å². The molecule has 5 rings (SSSR count). The van der Waals surface area contributed by atoms with E-state index in [2.05, 4.69) is 53.2 Å². The maximum atomic E-state index is 13.4. The number of imidazole rings is 1. The van der Waals surface area contributed by atoms with E-state index in [0.29, 0.717) is 0 Å². The molecule has 7 heteroatoms. The molecule has 0 saturated carbocycles. The number of halogens is 1. The van der Waals surface area contributed by atoms with Crippen LogP contribution in [-0.2, 0) is 4.84 Å². The van der Waals surface area contributed by atoms with Crippen molar-refractivity contribution in [1.29, 1.82) is 0 Å². The number of nitrogens with zero attached hydrogens (tertiary/aromatic N) is 4. The summed E-state index contributed by atoms with van der Waals surface area (Å²) in [5.41, 5.74) is 5.18. The van der Waals surface area contributed by atoms with E-state index in [-0.39, 0.29) is 17.3 Å².